The Morgan fingerprint density at radius 1 is 1.06 bits per heavy atom. The largest absolute Gasteiger partial charge is 0.349 e. The Bertz CT molecular complexity index is 1330. The first-order valence-electron chi connectivity index (χ1n) is 11.7. The molecule has 1 atom stereocenters. The number of aromatic nitrogens is 4. The number of benzene rings is 2. The van der Waals surface area contributed by atoms with E-state index in [1.165, 1.54) is 0 Å². The summed E-state index contributed by atoms with van der Waals surface area (Å²) in [6, 6.07) is 17.7. The summed E-state index contributed by atoms with van der Waals surface area (Å²) in [4.78, 5) is 33.4. The molecule has 4 aromatic rings. The molecule has 1 N–H and O–H groups in total. The van der Waals surface area contributed by atoms with E-state index in [-0.39, 0.29) is 18.4 Å². The third kappa shape index (κ3) is 5.37. The lowest BCUT2D eigenvalue weighted by Gasteiger charge is -2.34. The maximum atomic E-state index is 14.0. The Morgan fingerprint density at radius 3 is 2.51 bits per heavy atom. The van der Waals surface area contributed by atoms with Gasteiger partial charge in [0, 0.05) is 23.6 Å². The molecule has 0 bridgehead atoms. The van der Waals surface area contributed by atoms with Gasteiger partial charge in [0.2, 0.25) is 11.8 Å². The number of aryl methyl sites for hydroxylation is 1. The van der Waals surface area contributed by atoms with E-state index in [1.807, 2.05) is 76.2 Å². The molecule has 0 spiro atoms. The highest BCUT2D eigenvalue weighted by Gasteiger charge is 2.35. The molecule has 0 aliphatic heterocycles. The lowest BCUT2D eigenvalue weighted by Crippen LogP contribution is -2.51. The second kappa shape index (κ2) is 10.0. The molecule has 2 aromatic heterocycles. The van der Waals surface area contributed by atoms with Crippen LogP contribution in [0.1, 0.15) is 44.4 Å². The van der Waals surface area contributed by atoms with Crippen molar-refractivity contribution in [2.75, 3.05) is 4.90 Å². The highest BCUT2D eigenvalue weighted by molar-refractivity contribution is 6.01. The summed E-state index contributed by atoms with van der Waals surface area (Å²) in [6.07, 6.45) is 4.00. The molecule has 0 radical (unpaired) electrons. The van der Waals surface area contributed by atoms with Crippen LogP contribution >= 0.6 is 0 Å². The normalized spacial score (nSPS) is 12.3. The van der Waals surface area contributed by atoms with Crippen LogP contribution in [0, 0.1) is 6.92 Å². The minimum absolute atomic E-state index is 0.0690. The number of carbonyl (C=O) groups excluding carboxylic acids is 2. The molecule has 0 saturated carbocycles. The monoisotopic (exact) mass is 470 g/mol. The van der Waals surface area contributed by atoms with Gasteiger partial charge in [-0.25, -0.2) is 4.68 Å². The van der Waals surface area contributed by atoms with Crippen molar-refractivity contribution >= 4 is 28.5 Å². The van der Waals surface area contributed by atoms with E-state index in [4.69, 9.17) is 0 Å². The van der Waals surface area contributed by atoms with Crippen LogP contribution in [-0.4, -0.2) is 37.3 Å². The molecule has 0 aliphatic rings. The Kier molecular flexibility index (Phi) is 6.91. The predicted molar refractivity (Wildman–Crippen MR) is 136 cm³/mol. The first-order chi connectivity index (χ1) is 16.8. The number of amides is 2. The molecular formula is C27H30N6O2. The summed E-state index contributed by atoms with van der Waals surface area (Å²) in [7, 11) is 0. The molecule has 180 valence electrons. The van der Waals surface area contributed by atoms with Crippen molar-refractivity contribution in [1.82, 2.24) is 25.3 Å². The standard InChI is InChI=1S/C27H30N6O2/c1-5-27(3,4)29-26(35)25(20-13-15-28-16-14-20)33(21-10-8-9-19(2)17-21)24(34)18-32-23-12-7-6-11-22(23)30-31-32/h6-17,25H,5,18H2,1-4H3,(H,29,35)/t25-/m0/s1. The molecule has 8 nitrogen and oxygen atoms in total. The van der Waals surface area contributed by atoms with E-state index < -0.39 is 11.6 Å². The highest BCUT2D eigenvalue weighted by atomic mass is 16.2. The topological polar surface area (TPSA) is 93.0 Å². The van der Waals surface area contributed by atoms with Crippen LogP contribution in [0.5, 0.6) is 0 Å². The van der Waals surface area contributed by atoms with Crippen molar-refractivity contribution in [2.45, 2.75) is 52.2 Å². The van der Waals surface area contributed by atoms with Gasteiger partial charge >= 0.3 is 0 Å². The van der Waals surface area contributed by atoms with Gasteiger partial charge in [-0.3, -0.25) is 19.5 Å². The van der Waals surface area contributed by atoms with Crippen molar-refractivity contribution in [3.05, 3.63) is 84.2 Å². The first kappa shape index (κ1) is 24.1. The Hall–Kier alpha value is -4.07. The zero-order valence-corrected chi connectivity index (χ0v) is 20.5. The van der Waals surface area contributed by atoms with Crippen LogP contribution in [0.25, 0.3) is 11.0 Å². The number of anilines is 1. The molecule has 0 saturated heterocycles. The molecular weight excluding hydrogens is 440 g/mol. The number of pyridine rings is 1. The smallest absolute Gasteiger partial charge is 0.249 e. The van der Waals surface area contributed by atoms with E-state index >= 15 is 0 Å². The fraction of sp³-hybridized carbons (Fsp3) is 0.296. The highest BCUT2D eigenvalue weighted by Crippen LogP contribution is 2.30. The average Bonchev–Trinajstić information content (AvgIpc) is 3.25. The summed E-state index contributed by atoms with van der Waals surface area (Å²) in [6.45, 7) is 7.84. The van der Waals surface area contributed by atoms with Gasteiger partial charge in [0.05, 0.1) is 5.52 Å². The molecule has 0 fully saturated rings. The molecule has 4 rings (SSSR count). The van der Waals surface area contributed by atoms with Crippen molar-refractivity contribution in [3.8, 4) is 0 Å². The van der Waals surface area contributed by atoms with Gasteiger partial charge in [-0.15, -0.1) is 5.10 Å². The molecule has 0 unspecified atom stereocenters. The minimum atomic E-state index is -0.895. The first-order valence-corrected chi connectivity index (χ1v) is 11.7. The van der Waals surface area contributed by atoms with Crippen molar-refractivity contribution in [2.24, 2.45) is 0 Å². The molecule has 2 amide bonds. The van der Waals surface area contributed by atoms with Gasteiger partial charge in [0.15, 0.2) is 0 Å². The molecule has 8 heteroatoms. The van der Waals surface area contributed by atoms with E-state index in [0.717, 1.165) is 17.5 Å². The van der Waals surface area contributed by atoms with Crippen molar-refractivity contribution in [1.29, 1.82) is 0 Å². The van der Waals surface area contributed by atoms with Crippen LogP contribution < -0.4 is 10.2 Å². The van der Waals surface area contributed by atoms with Crippen molar-refractivity contribution in [3.63, 3.8) is 0 Å². The van der Waals surface area contributed by atoms with Crippen LogP contribution in [0.2, 0.25) is 0 Å². The van der Waals surface area contributed by atoms with E-state index in [1.54, 1.807) is 34.1 Å². The average molecular weight is 471 g/mol. The van der Waals surface area contributed by atoms with Crippen LogP contribution in [0.15, 0.2) is 73.1 Å². The number of hydrogen-bond acceptors (Lipinski definition) is 5. The third-order valence-electron chi connectivity index (χ3n) is 6.13. The Morgan fingerprint density at radius 2 is 1.80 bits per heavy atom. The van der Waals surface area contributed by atoms with Gasteiger partial charge in [0.1, 0.15) is 18.1 Å². The number of nitrogens with one attached hydrogen (secondary N) is 1. The van der Waals surface area contributed by atoms with E-state index in [2.05, 4.69) is 20.6 Å². The van der Waals surface area contributed by atoms with Crippen LogP contribution in [0.4, 0.5) is 5.69 Å². The van der Waals surface area contributed by atoms with Gasteiger partial charge in [-0.05, 0) is 74.7 Å². The number of carbonyl (C=O) groups is 2. The van der Waals surface area contributed by atoms with Gasteiger partial charge in [-0.2, -0.15) is 0 Å². The number of rotatable bonds is 8. The molecule has 2 aromatic carbocycles. The molecule has 0 aliphatic carbocycles. The fourth-order valence-corrected chi connectivity index (χ4v) is 3.91. The summed E-state index contributed by atoms with van der Waals surface area (Å²) in [5, 5.41) is 11.5. The number of para-hydroxylation sites is 1. The number of fused-ring (bicyclic) bond motifs is 1. The van der Waals surface area contributed by atoms with E-state index in [9.17, 15) is 9.59 Å². The Labute approximate surface area is 205 Å². The summed E-state index contributed by atoms with van der Waals surface area (Å²) in [5.74, 6) is -0.543. The molecule has 35 heavy (non-hydrogen) atoms. The summed E-state index contributed by atoms with van der Waals surface area (Å²) >= 11 is 0. The minimum Gasteiger partial charge on any atom is -0.349 e. The predicted octanol–water partition coefficient (Wildman–Crippen LogP) is 4.21. The second-order valence-corrected chi connectivity index (χ2v) is 9.25. The van der Waals surface area contributed by atoms with Gasteiger partial charge in [0.25, 0.3) is 0 Å². The maximum Gasteiger partial charge on any atom is 0.249 e. The summed E-state index contributed by atoms with van der Waals surface area (Å²) < 4.78 is 1.57. The zero-order valence-electron chi connectivity index (χ0n) is 20.5. The molecule has 2 heterocycles. The quantitative estimate of drug-likeness (QED) is 0.416. The van der Waals surface area contributed by atoms with E-state index in [0.29, 0.717) is 16.8 Å². The number of nitrogens with zero attached hydrogens (tertiary/aromatic N) is 5. The summed E-state index contributed by atoms with van der Waals surface area (Å²) in [5.41, 5.74) is 3.30. The lowest BCUT2D eigenvalue weighted by atomic mass is 9.98. The fourth-order valence-electron chi connectivity index (χ4n) is 3.91. The van der Waals surface area contributed by atoms with Gasteiger partial charge in [-0.1, -0.05) is 36.4 Å². The van der Waals surface area contributed by atoms with Crippen molar-refractivity contribution < 1.29 is 9.59 Å². The third-order valence-corrected chi connectivity index (χ3v) is 6.13. The maximum absolute atomic E-state index is 14.0. The van der Waals surface area contributed by atoms with Crippen LogP contribution in [-0.2, 0) is 16.1 Å². The Balaban J connectivity index is 1.81. The second-order valence-electron chi connectivity index (χ2n) is 9.25. The zero-order chi connectivity index (χ0) is 25.0. The lowest BCUT2D eigenvalue weighted by molar-refractivity contribution is -0.128. The number of hydrogen-bond donors (Lipinski definition) is 1. The SMILES string of the molecule is CCC(C)(C)NC(=O)[C@H](c1ccncc1)N(C(=O)Cn1nnc2ccccc21)c1cccc(C)c1. The van der Waals surface area contributed by atoms with Gasteiger partial charge < -0.3 is 5.32 Å². The van der Waals surface area contributed by atoms with Crippen LogP contribution in [0.3, 0.4) is 0 Å².